The van der Waals surface area contributed by atoms with Crippen molar-refractivity contribution in [3.63, 3.8) is 0 Å². The lowest BCUT2D eigenvalue weighted by Crippen LogP contribution is -1.82. The Morgan fingerprint density at radius 1 is 0.905 bits per heavy atom. The van der Waals surface area contributed by atoms with Crippen molar-refractivity contribution in [3.8, 4) is 22.6 Å². The quantitative estimate of drug-likeness (QED) is 0.546. The second-order valence-electron chi connectivity index (χ2n) is 4.38. The van der Waals surface area contributed by atoms with Crippen LogP contribution in [0.5, 0.6) is 0 Å². The van der Waals surface area contributed by atoms with Crippen LogP contribution in [0.4, 0.5) is 0 Å². The summed E-state index contributed by atoms with van der Waals surface area (Å²) in [6.07, 6.45) is 2.04. The number of benzene rings is 2. The Morgan fingerprint density at radius 2 is 1.52 bits per heavy atom. The predicted molar refractivity (Wildman–Crippen MR) is 89.2 cm³/mol. The molecule has 0 radical (unpaired) electrons. The zero-order valence-electron chi connectivity index (χ0n) is 11.1. The monoisotopic (exact) mass is 335 g/mol. The Kier molecular flexibility index (Phi) is 4.24. The molecule has 1 aromatic heterocycles. The Morgan fingerprint density at radius 3 is 2.14 bits per heavy atom. The van der Waals surface area contributed by atoms with Gasteiger partial charge in [0.05, 0.1) is 0 Å². The van der Waals surface area contributed by atoms with E-state index in [4.69, 9.17) is 27.6 Å². The van der Waals surface area contributed by atoms with Gasteiger partial charge in [0, 0.05) is 21.0 Å². The first kappa shape index (κ1) is 14.5. The molecule has 0 N–H and O–H groups in total. The molecule has 0 spiro atoms. The minimum Gasteiger partial charge on any atom is -0.427 e. The first-order chi connectivity index (χ1) is 10.2. The van der Waals surface area contributed by atoms with Crippen LogP contribution in [-0.4, -0.2) is 11.2 Å². The van der Waals surface area contributed by atoms with Crippen molar-refractivity contribution in [2.75, 3.05) is 6.26 Å². The highest BCUT2D eigenvalue weighted by Gasteiger charge is 2.16. The molecule has 0 aliphatic rings. The lowest BCUT2D eigenvalue weighted by atomic mass is 10.1. The number of aromatic nitrogens is 1. The molecule has 0 unspecified atom stereocenters. The van der Waals surface area contributed by atoms with E-state index in [2.05, 4.69) is 4.98 Å². The smallest absolute Gasteiger partial charge is 0.293 e. The van der Waals surface area contributed by atoms with Crippen LogP contribution in [0.2, 0.25) is 10.4 Å². The fourth-order valence-electron chi connectivity index (χ4n) is 2.04. The lowest BCUT2D eigenvalue weighted by Gasteiger charge is -2.03. The number of halogens is 2. The number of hydrogen-bond acceptors (Lipinski definition) is 3. The summed E-state index contributed by atoms with van der Waals surface area (Å²) in [5.74, 6) is 0.662. The van der Waals surface area contributed by atoms with Gasteiger partial charge in [0.2, 0.25) is 0 Å². The Balaban J connectivity index is 2.08. The van der Waals surface area contributed by atoms with E-state index in [1.54, 1.807) is 11.8 Å². The fraction of sp³-hybridized carbons (Fsp3) is 0.0625. The van der Waals surface area contributed by atoms with E-state index < -0.39 is 0 Å². The first-order valence-electron chi connectivity index (χ1n) is 6.24. The maximum atomic E-state index is 5.95. The zero-order valence-corrected chi connectivity index (χ0v) is 13.5. The number of thioether (sulfide) groups is 1. The van der Waals surface area contributed by atoms with Crippen molar-refractivity contribution in [2.24, 2.45) is 0 Å². The van der Waals surface area contributed by atoms with Crippen LogP contribution in [0.1, 0.15) is 0 Å². The van der Waals surface area contributed by atoms with Gasteiger partial charge >= 0.3 is 0 Å². The molecule has 0 aliphatic carbocycles. The topological polar surface area (TPSA) is 26.0 Å². The lowest BCUT2D eigenvalue weighted by molar-refractivity contribution is 0.574. The van der Waals surface area contributed by atoms with Crippen LogP contribution in [0.25, 0.3) is 22.6 Å². The number of hydrogen-bond donors (Lipinski definition) is 0. The van der Waals surface area contributed by atoms with Crippen molar-refractivity contribution in [2.45, 2.75) is 4.90 Å². The number of rotatable bonds is 3. The molecule has 0 aliphatic heterocycles. The van der Waals surface area contributed by atoms with Gasteiger partial charge in [-0.3, -0.25) is 0 Å². The SMILES string of the molecule is CSc1ccc(-c2oc(Cl)nc2-c2ccc(Cl)cc2)cc1. The molecule has 2 aromatic carbocycles. The summed E-state index contributed by atoms with van der Waals surface area (Å²) in [5, 5.41) is 0.808. The summed E-state index contributed by atoms with van der Waals surface area (Å²) in [7, 11) is 0. The van der Waals surface area contributed by atoms with E-state index >= 15 is 0 Å². The molecule has 0 fully saturated rings. The van der Waals surface area contributed by atoms with Gasteiger partial charge in [0.15, 0.2) is 5.76 Å². The highest BCUT2D eigenvalue weighted by molar-refractivity contribution is 7.98. The third-order valence-corrected chi connectivity index (χ3v) is 4.23. The van der Waals surface area contributed by atoms with Crippen LogP contribution < -0.4 is 0 Å². The van der Waals surface area contributed by atoms with Crippen molar-refractivity contribution in [1.29, 1.82) is 0 Å². The zero-order chi connectivity index (χ0) is 14.8. The molecule has 0 saturated heterocycles. The van der Waals surface area contributed by atoms with Crippen LogP contribution in [0.15, 0.2) is 57.8 Å². The van der Waals surface area contributed by atoms with E-state index in [0.717, 1.165) is 11.1 Å². The number of oxazole rings is 1. The van der Waals surface area contributed by atoms with E-state index in [-0.39, 0.29) is 5.35 Å². The Hall–Kier alpha value is -1.42. The Labute approximate surface area is 137 Å². The summed E-state index contributed by atoms with van der Waals surface area (Å²) in [4.78, 5) is 5.47. The highest BCUT2D eigenvalue weighted by atomic mass is 35.5. The maximum absolute atomic E-state index is 5.95. The summed E-state index contributed by atoms with van der Waals surface area (Å²) in [6.45, 7) is 0. The van der Waals surface area contributed by atoms with E-state index in [1.165, 1.54) is 4.90 Å². The Bertz CT molecular complexity index is 751. The van der Waals surface area contributed by atoms with Gasteiger partial charge in [-0.05, 0) is 42.1 Å². The standard InChI is InChI=1S/C16H11Cl2NOS/c1-21-13-8-4-11(5-9-13)15-14(19-16(18)20-15)10-2-6-12(17)7-3-10/h2-9H,1H3. The molecular formula is C16H11Cl2NOS. The third-order valence-electron chi connectivity index (χ3n) is 3.07. The average molecular weight is 336 g/mol. The second kappa shape index (κ2) is 6.14. The molecule has 3 rings (SSSR count). The van der Waals surface area contributed by atoms with Crippen molar-refractivity contribution < 1.29 is 4.42 Å². The van der Waals surface area contributed by atoms with Crippen LogP contribution in [0.3, 0.4) is 0 Å². The molecule has 21 heavy (non-hydrogen) atoms. The molecule has 2 nitrogen and oxygen atoms in total. The van der Waals surface area contributed by atoms with Gasteiger partial charge in [-0.2, -0.15) is 4.98 Å². The van der Waals surface area contributed by atoms with Gasteiger partial charge < -0.3 is 4.42 Å². The van der Waals surface area contributed by atoms with E-state index in [0.29, 0.717) is 16.5 Å². The summed E-state index contributed by atoms with van der Waals surface area (Å²) >= 11 is 13.6. The molecule has 3 aromatic rings. The van der Waals surface area contributed by atoms with Crippen LogP contribution >= 0.6 is 35.0 Å². The molecule has 106 valence electrons. The van der Waals surface area contributed by atoms with Gasteiger partial charge in [-0.15, -0.1) is 11.8 Å². The molecule has 1 heterocycles. The van der Waals surface area contributed by atoms with Gasteiger partial charge in [0.1, 0.15) is 5.69 Å². The average Bonchev–Trinajstić information content (AvgIpc) is 2.90. The van der Waals surface area contributed by atoms with Crippen molar-refractivity contribution in [1.82, 2.24) is 4.98 Å². The van der Waals surface area contributed by atoms with Gasteiger partial charge in [0.25, 0.3) is 5.35 Å². The minimum atomic E-state index is 0.129. The van der Waals surface area contributed by atoms with Crippen molar-refractivity contribution in [3.05, 3.63) is 58.9 Å². The van der Waals surface area contributed by atoms with Crippen molar-refractivity contribution >= 4 is 35.0 Å². The normalized spacial score (nSPS) is 10.8. The minimum absolute atomic E-state index is 0.129. The molecule has 5 heteroatoms. The van der Waals surface area contributed by atoms with E-state index in [9.17, 15) is 0 Å². The maximum Gasteiger partial charge on any atom is 0.293 e. The van der Waals surface area contributed by atoms with Crippen LogP contribution in [0, 0.1) is 0 Å². The molecule has 0 amide bonds. The fourth-order valence-corrected chi connectivity index (χ4v) is 2.73. The predicted octanol–water partition coefficient (Wildman–Crippen LogP) is 6.04. The molecule has 0 bridgehead atoms. The largest absolute Gasteiger partial charge is 0.427 e. The third kappa shape index (κ3) is 3.10. The van der Waals surface area contributed by atoms with Gasteiger partial charge in [-0.1, -0.05) is 35.9 Å². The summed E-state index contributed by atoms with van der Waals surface area (Å²) < 4.78 is 5.57. The molecule has 0 saturated carbocycles. The number of nitrogens with zero attached hydrogens (tertiary/aromatic N) is 1. The summed E-state index contributed by atoms with van der Waals surface area (Å²) in [5.41, 5.74) is 2.57. The van der Waals surface area contributed by atoms with E-state index in [1.807, 2.05) is 54.8 Å². The first-order valence-corrected chi connectivity index (χ1v) is 8.22. The highest BCUT2D eigenvalue weighted by Crippen LogP contribution is 2.35. The summed E-state index contributed by atoms with van der Waals surface area (Å²) in [6, 6.07) is 15.5. The molecular weight excluding hydrogens is 325 g/mol. The second-order valence-corrected chi connectivity index (χ2v) is 6.02. The molecule has 0 atom stereocenters. The van der Waals surface area contributed by atoms with Crippen LogP contribution in [-0.2, 0) is 0 Å². The van der Waals surface area contributed by atoms with Gasteiger partial charge in [-0.25, -0.2) is 0 Å².